The minimum atomic E-state index is 0.0364. The minimum absolute atomic E-state index is 0.0364. The predicted molar refractivity (Wildman–Crippen MR) is 93.7 cm³/mol. The molecule has 3 unspecified atom stereocenters. The Morgan fingerprint density at radius 2 is 1.96 bits per heavy atom. The smallest absolute Gasteiger partial charge is 0.226 e. The van der Waals surface area contributed by atoms with Crippen LogP contribution in [-0.2, 0) is 4.79 Å². The first-order valence-corrected chi connectivity index (χ1v) is 9.74. The summed E-state index contributed by atoms with van der Waals surface area (Å²) in [5.41, 5.74) is 0. The van der Waals surface area contributed by atoms with Crippen LogP contribution in [0.5, 0.6) is 0 Å². The van der Waals surface area contributed by atoms with Crippen LogP contribution in [0.4, 0.5) is 0 Å². The van der Waals surface area contributed by atoms with Crippen LogP contribution in [0.25, 0.3) is 0 Å². The first-order valence-electron chi connectivity index (χ1n) is 9.74. The standard InChI is InChI=1S/C20H27N3O2/c21-14-18(15-5-2-1-3-6-15)22-8-10-23(11-9-22)20(24)17-13-16(17)19-7-4-12-25-19/h4,7,12,15-18H,1-3,5-6,8-11,13H2. The van der Waals surface area contributed by atoms with Gasteiger partial charge in [-0.15, -0.1) is 0 Å². The SMILES string of the molecule is N#CC(C1CCCCC1)N1CCN(C(=O)C2CC2c2ccco2)CC1. The topological polar surface area (TPSA) is 60.5 Å². The van der Waals surface area contributed by atoms with Gasteiger partial charge in [0.25, 0.3) is 0 Å². The number of carbonyl (C=O) groups excluding carboxylic acids is 1. The molecule has 134 valence electrons. The van der Waals surface area contributed by atoms with Gasteiger partial charge in [-0.05, 0) is 37.3 Å². The summed E-state index contributed by atoms with van der Waals surface area (Å²) in [7, 11) is 0. The number of hydrogen-bond donors (Lipinski definition) is 0. The summed E-state index contributed by atoms with van der Waals surface area (Å²) in [4.78, 5) is 17.0. The Kier molecular flexibility index (Phi) is 4.80. The summed E-state index contributed by atoms with van der Waals surface area (Å²) in [5, 5.41) is 9.66. The number of nitriles is 1. The predicted octanol–water partition coefficient (Wildman–Crippen LogP) is 3.00. The molecule has 25 heavy (non-hydrogen) atoms. The quantitative estimate of drug-likeness (QED) is 0.845. The Morgan fingerprint density at radius 3 is 2.60 bits per heavy atom. The Labute approximate surface area is 149 Å². The van der Waals surface area contributed by atoms with E-state index in [-0.39, 0.29) is 23.8 Å². The summed E-state index contributed by atoms with van der Waals surface area (Å²) < 4.78 is 5.44. The molecule has 0 aromatic carbocycles. The minimum Gasteiger partial charge on any atom is -0.469 e. The lowest BCUT2D eigenvalue weighted by Gasteiger charge is -2.40. The van der Waals surface area contributed by atoms with Gasteiger partial charge in [-0.2, -0.15) is 5.26 Å². The van der Waals surface area contributed by atoms with E-state index in [4.69, 9.17) is 4.42 Å². The highest BCUT2D eigenvalue weighted by Gasteiger charge is 2.48. The van der Waals surface area contributed by atoms with E-state index in [0.29, 0.717) is 5.92 Å². The van der Waals surface area contributed by atoms with E-state index >= 15 is 0 Å². The van der Waals surface area contributed by atoms with Gasteiger partial charge in [0.1, 0.15) is 11.8 Å². The van der Waals surface area contributed by atoms with Crippen molar-refractivity contribution in [2.45, 2.75) is 50.5 Å². The van der Waals surface area contributed by atoms with Crippen molar-refractivity contribution >= 4 is 5.91 Å². The van der Waals surface area contributed by atoms with Crippen molar-refractivity contribution in [1.82, 2.24) is 9.80 Å². The molecule has 1 aromatic heterocycles. The van der Waals surface area contributed by atoms with E-state index in [2.05, 4.69) is 11.0 Å². The van der Waals surface area contributed by atoms with Gasteiger partial charge < -0.3 is 9.32 Å². The molecular weight excluding hydrogens is 314 g/mol. The van der Waals surface area contributed by atoms with E-state index in [9.17, 15) is 10.1 Å². The van der Waals surface area contributed by atoms with Crippen LogP contribution in [0.3, 0.4) is 0 Å². The van der Waals surface area contributed by atoms with Crippen molar-refractivity contribution in [1.29, 1.82) is 5.26 Å². The van der Waals surface area contributed by atoms with Gasteiger partial charge in [0, 0.05) is 38.0 Å². The van der Waals surface area contributed by atoms with Crippen LogP contribution in [0.2, 0.25) is 0 Å². The van der Waals surface area contributed by atoms with Crippen LogP contribution in [0.1, 0.15) is 50.2 Å². The molecule has 4 rings (SSSR count). The van der Waals surface area contributed by atoms with E-state index in [0.717, 1.165) is 38.4 Å². The van der Waals surface area contributed by atoms with Crippen molar-refractivity contribution in [3.63, 3.8) is 0 Å². The number of hydrogen-bond acceptors (Lipinski definition) is 4. The van der Waals surface area contributed by atoms with Gasteiger partial charge in [-0.1, -0.05) is 19.3 Å². The molecule has 1 saturated heterocycles. The second-order valence-electron chi connectivity index (χ2n) is 7.80. The highest BCUT2D eigenvalue weighted by Crippen LogP contribution is 2.48. The Bertz CT molecular complexity index is 622. The molecule has 2 heterocycles. The van der Waals surface area contributed by atoms with E-state index in [1.165, 1.54) is 32.1 Å². The second-order valence-corrected chi connectivity index (χ2v) is 7.80. The van der Waals surface area contributed by atoms with E-state index in [1.54, 1.807) is 6.26 Å². The Morgan fingerprint density at radius 1 is 1.20 bits per heavy atom. The summed E-state index contributed by atoms with van der Waals surface area (Å²) >= 11 is 0. The van der Waals surface area contributed by atoms with Crippen LogP contribution >= 0.6 is 0 Å². The van der Waals surface area contributed by atoms with Crippen LogP contribution in [0.15, 0.2) is 22.8 Å². The highest BCUT2D eigenvalue weighted by atomic mass is 16.3. The summed E-state index contributed by atoms with van der Waals surface area (Å²) in [6.07, 6.45) is 8.80. The van der Waals surface area contributed by atoms with Gasteiger partial charge in [0.15, 0.2) is 0 Å². The number of rotatable bonds is 4. The number of furan rings is 1. The van der Waals surface area contributed by atoms with Crippen molar-refractivity contribution in [3.8, 4) is 6.07 Å². The zero-order valence-corrected chi connectivity index (χ0v) is 14.8. The van der Waals surface area contributed by atoms with Crippen LogP contribution < -0.4 is 0 Å². The van der Waals surface area contributed by atoms with Gasteiger partial charge in [-0.25, -0.2) is 0 Å². The van der Waals surface area contributed by atoms with Gasteiger partial charge in [0.2, 0.25) is 5.91 Å². The lowest BCUT2D eigenvalue weighted by atomic mass is 9.83. The third-order valence-corrected chi connectivity index (χ3v) is 6.26. The fourth-order valence-electron chi connectivity index (χ4n) is 4.67. The third kappa shape index (κ3) is 3.46. The molecule has 3 atom stereocenters. The molecule has 0 bridgehead atoms. The lowest BCUT2D eigenvalue weighted by Crippen LogP contribution is -2.53. The maximum Gasteiger partial charge on any atom is 0.226 e. The van der Waals surface area contributed by atoms with E-state index < -0.39 is 0 Å². The average molecular weight is 341 g/mol. The molecule has 1 aromatic rings. The van der Waals surface area contributed by atoms with Crippen molar-refractivity contribution in [2.75, 3.05) is 26.2 Å². The van der Waals surface area contributed by atoms with Crippen molar-refractivity contribution in [2.24, 2.45) is 11.8 Å². The molecule has 1 aliphatic heterocycles. The third-order valence-electron chi connectivity index (χ3n) is 6.26. The number of piperazine rings is 1. The first-order chi connectivity index (χ1) is 12.3. The molecule has 1 amide bonds. The molecule has 3 aliphatic rings. The maximum atomic E-state index is 12.7. The molecule has 5 heteroatoms. The van der Waals surface area contributed by atoms with Crippen molar-refractivity contribution in [3.05, 3.63) is 24.2 Å². The largest absolute Gasteiger partial charge is 0.469 e. The molecule has 3 fully saturated rings. The van der Waals surface area contributed by atoms with Gasteiger partial charge in [0.05, 0.1) is 12.3 Å². The molecule has 5 nitrogen and oxygen atoms in total. The zero-order valence-electron chi connectivity index (χ0n) is 14.8. The molecule has 0 radical (unpaired) electrons. The second kappa shape index (κ2) is 7.21. The number of amides is 1. The monoisotopic (exact) mass is 341 g/mol. The fraction of sp³-hybridized carbons (Fsp3) is 0.700. The number of nitrogens with zero attached hydrogens (tertiary/aromatic N) is 3. The maximum absolute atomic E-state index is 12.7. The van der Waals surface area contributed by atoms with Gasteiger partial charge >= 0.3 is 0 Å². The van der Waals surface area contributed by atoms with Crippen LogP contribution in [0, 0.1) is 23.2 Å². The summed E-state index contributed by atoms with van der Waals surface area (Å²) in [5.74, 6) is 2.11. The Hall–Kier alpha value is -1.80. The van der Waals surface area contributed by atoms with E-state index in [1.807, 2.05) is 17.0 Å². The summed E-state index contributed by atoms with van der Waals surface area (Å²) in [6, 6.07) is 6.45. The molecule has 0 spiro atoms. The normalized spacial score (nSPS) is 29.2. The fourth-order valence-corrected chi connectivity index (χ4v) is 4.67. The average Bonchev–Trinajstić information content (AvgIpc) is 3.28. The lowest BCUT2D eigenvalue weighted by molar-refractivity contribution is -0.134. The molecule has 0 N–H and O–H groups in total. The van der Waals surface area contributed by atoms with Crippen molar-refractivity contribution < 1.29 is 9.21 Å². The van der Waals surface area contributed by atoms with Gasteiger partial charge in [-0.3, -0.25) is 9.69 Å². The molecule has 2 aliphatic carbocycles. The highest BCUT2D eigenvalue weighted by molar-refractivity contribution is 5.83. The molecular formula is C20H27N3O2. The Balaban J connectivity index is 1.29. The zero-order chi connectivity index (χ0) is 17.2. The number of carbonyl (C=O) groups is 1. The molecule has 2 saturated carbocycles. The first kappa shape index (κ1) is 16.7. The van der Waals surface area contributed by atoms with Crippen LogP contribution in [-0.4, -0.2) is 47.9 Å². The summed E-state index contributed by atoms with van der Waals surface area (Å²) in [6.45, 7) is 3.17.